The lowest BCUT2D eigenvalue weighted by atomic mass is 10.3. The Hall–Kier alpha value is -1.56. The van der Waals surface area contributed by atoms with Gasteiger partial charge in [-0.05, 0) is 23.9 Å². The summed E-state index contributed by atoms with van der Waals surface area (Å²) in [6.45, 7) is 2.70. The second-order valence-corrected chi connectivity index (χ2v) is 4.76. The van der Waals surface area contributed by atoms with E-state index in [1.165, 1.54) is 5.56 Å². The Bertz CT molecular complexity index is 403. The van der Waals surface area contributed by atoms with E-state index in [-0.39, 0.29) is 19.0 Å². The molecule has 0 aliphatic carbocycles. The minimum absolute atomic E-state index is 0.0579. The van der Waals surface area contributed by atoms with Gasteiger partial charge in [0.25, 0.3) is 0 Å². The van der Waals surface area contributed by atoms with Crippen molar-refractivity contribution >= 4 is 23.3 Å². The van der Waals surface area contributed by atoms with Crippen LogP contribution in [0.4, 0.5) is 4.79 Å². The van der Waals surface area contributed by atoms with Crippen molar-refractivity contribution in [3.63, 3.8) is 0 Å². The summed E-state index contributed by atoms with van der Waals surface area (Å²) in [5, 5.41) is 13.0. The first-order valence-electron chi connectivity index (χ1n) is 5.24. The Morgan fingerprint density at radius 1 is 1.53 bits per heavy atom. The molecule has 0 aliphatic heterocycles. The number of nitrogens with one attached hydrogen (secondary N) is 1. The molecule has 94 valence electrons. The van der Waals surface area contributed by atoms with Crippen LogP contribution in [0, 0.1) is 6.92 Å². The standard InChI is InChI=1S/C11H16N2O3S/c1-8-4-6-17-9(8)7-13(2)11(16)12-5-3-10(14)15/h4,6H,3,5,7H2,1-2H3,(H,12,16)(H,14,15). The summed E-state index contributed by atoms with van der Waals surface area (Å²) >= 11 is 1.61. The van der Waals surface area contributed by atoms with Gasteiger partial charge in [0.15, 0.2) is 0 Å². The molecule has 0 saturated carbocycles. The first kappa shape index (κ1) is 13.5. The monoisotopic (exact) mass is 256 g/mol. The van der Waals surface area contributed by atoms with Crippen LogP contribution in [-0.2, 0) is 11.3 Å². The van der Waals surface area contributed by atoms with Crippen molar-refractivity contribution in [2.24, 2.45) is 0 Å². The molecule has 0 radical (unpaired) electrons. The Morgan fingerprint density at radius 2 is 2.24 bits per heavy atom. The molecule has 0 unspecified atom stereocenters. The smallest absolute Gasteiger partial charge is 0.317 e. The number of urea groups is 1. The zero-order valence-corrected chi connectivity index (χ0v) is 10.7. The predicted molar refractivity (Wildman–Crippen MR) is 66.2 cm³/mol. The van der Waals surface area contributed by atoms with E-state index in [9.17, 15) is 9.59 Å². The van der Waals surface area contributed by atoms with Gasteiger partial charge in [0, 0.05) is 18.5 Å². The number of thiophene rings is 1. The van der Waals surface area contributed by atoms with Crippen molar-refractivity contribution in [2.45, 2.75) is 19.9 Å². The fourth-order valence-electron chi connectivity index (χ4n) is 1.26. The molecule has 0 bridgehead atoms. The van der Waals surface area contributed by atoms with Gasteiger partial charge in [0.2, 0.25) is 0 Å². The van der Waals surface area contributed by atoms with Gasteiger partial charge in [-0.1, -0.05) is 0 Å². The molecule has 1 aromatic rings. The quantitative estimate of drug-likeness (QED) is 0.842. The molecule has 0 aliphatic rings. The Kier molecular flexibility index (Phi) is 4.96. The molecule has 0 saturated heterocycles. The maximum atomic E-state index is 11.6. The molecule has 2 amide bonds. The molecule has 1 aromatic heterocycles. The number of hydrogen-bond acceptors (Lipinski definition) is 3. The molecule has 5 nitrogen and oxygen atoms in total. The highest BCUT2D eigenvalue weighted by Crippen LogP contribution is 2.17. The van der Waals surface area contributed by atoms with Crippen LogP contribution in [0.25, 0.3) is 0 Å². The third-order valence-electron chi connectivity index (χ3n) is 2.31. The molecular weight excluding hydrogens is 240 g/mol. The number of amides is 2. The van der Waals surface area contributed by atoms with E-state index in [4.69, 9.17) is 5.11 Å². The number of rotatable bonds is 5. The molecule has 0 spiro atoms. The van der Waals surface area contributed by atoms with Crippen molar-refractivity contribution in [1.82, 2.24) is 10.2 Å². The van der Waals surface area contributed by atoms with Crippen LogP contribution in [0.1, 0.15) is 16.9 Å². The van der Waals surface area contributed by atoms with Crippen LogP contribution < -0.4 is 5.32 Å². The minimum atomic E-state index is -0.915. The minimum Gasteiger partial charge on any atom is -0.481 e. The normalized spacial score (nSPS) is 10.0. The fraction of sp³-hybridized carbons (Fsp3) is 0.455. The summed E-state index contributed by atoms with van der Waals surface area (Å²) in [7, 11) is 1.69. The predicted octanol–water partition coefficient (Wildman–Crippen LogP) is 1.67. The third-order valence-corrected chi connectivity index (χ3v) is 3.32. The summed E-state index contributed by atoms with van der Waals surface area (Å²) < 4.78 is 0. The van der Waals surface area contributed by atoms with Gasteiger partial charge in [-0.25, -0.2) is 4.79 Å². The number of nitrogens with zero attached hydrogens (tertiary/aromatic N) is 1. The highest BCUT2D eigenvalue weighted by Gasteiger charge is 2.10. The van der Waals surface area contributed by atoms with Crippen molar-refractivity contribution < 1.29 is 14.7 Å². The zero-order chi connectivity index (χ0) is 12.8. The number of carboxylic acids is 1. The van der Waals surface area contributed by atoms with Gasteiger partial charge < -0.3 is 15.3 Å². The van der Waals surface area contributed by atoms with Crippen LogP contribution in [0.5, 0.6) is 0 Å². The average Bonchev–Trinajstić information content (AvgIpc) is 2.63. The summed E-state index contributed by atoms with van der Waals surface area (Å²) in [5.41, 5.74) is 1.17. The molecule has 2 N–H and O–H groups in total. The SMILES string of the molecule is Cc1ccsc1CN(C)C(=O)NCCC(=O)O. The van der Waals surface area contributed by atoms with Crippen molar-refractivity contribution in [1.29, 1.82) is 0 Å². The first-order chi connectivity index (χ1) is 8.00. The number of hydrogen-bond donors (Lipinski definition) is 2. The maximum Gasteiger partial charge on any atom is 0.317 e. The van der Waals surface area contributed by atoms with Crippen LogP contribution in [0.3, 0.4) is 0 Å². The van der Waals surface area contributed by atoms with Gasteiger partial charge in [0.1, 0.15) is 0 Å². The van der Waals surface area contributed by atoms with Crippen molar-refractivity contribution in [2.75, 3.05) is 13.6 Å². The largest absolute Gasteiger partial charge is 0.481 e. The molecule has 0 atom stereocenters. The molecular formula is C11H16N2O3S. The molecule has 0 fully saturated rings. The summed E-state index contributed by atoms with van der Waals surface area (Å²) in [6.07, 6.45) is -0.0579. The van der Waals surface area contributed by atoms with Crippen molar-refractivity contribution in [3.05, 3.63) is 21.9 Å². The van der Waals surface area contributed by atoms with Crippen LogP contribution >= 0.6 is 11.3 Å². The van der Waals surface area contributed by atoms with Gasteiger partial charge >= 0.3 is 12.0 Å². The van der Waals surface area contributed by atoms with Gasteiger partial charge in [-0.3, -0.25) is 4.79 Å². The van der Waals surface area contributed by atoms with Crippen LogP contribution in [0.15, 0.2) is 11.4 Å². The highest BCUT2D eigenvalue weighted by atomic mass is 32.1. The number of carboxylic acid groups (broad SMARTS) is 1. The van der Waals surface area contributed by atoms with Gasteiger partial charge in [0.05, 0.1) is 13.0 Å². The number of carbonyl (C=O) groups excluding carboxylic acids is 1. The van der Waals surface area contributed by atoms with E-state index in [1.54, 1.807) is 23.3 Å². The van der Waals surface area contributed by atoms with Crippen LogP contribution in [0.2, 0.25) is 0 Å². The lowest BCUT2D eigenvalue weighted by Gasteiger charge is -2.17. The lowest BCUT2D eigenvalue weighted by Crippen LogP contribution is -2.37. The lowest BCUT2D eigenvalue weighted by molar-refractivity contribution is -0.136. The number of aliphatic carboxylic acids is 1. The molecule has 1 heterocycles. The van der Waals surface area contributed by atoms with Gasteiger partial charge in [-0.15, -0.1) is 11.3 Å². The fourth-order valence-corrected chi connectivity index (χ4v) is 2.22. The highest BCUT2D eigenvalue weighted by molar-refractivity contribution is 7.10. The third kappa shape index (κ3) is 4.44. The molecule has 17 heavy (non-hydrogen) atoms. The van der Waals surface area contributed by atoms with E-state index in [2.05, 4.69) is 5.32 Å². The Labute approximate surface area is 104 Å². The van der Waals surface area contributed by atoms with Gasteiger partial charge in [-0.2, -0.15) is 0 Å². The summed E-state index contributed by atoms with van der Waals surface area (Å²) in [4.78, 5) is 24.6. The molecule has 1 rings (SSSR count). The maximum absolute atomic E-state index is 11.6. The molecule has 0 aromatic carbocycles. The summed E-state index contributed by atoms with van der Waals surface area (Å²) in [6, 6.07) is 1.76. The Morgan fingerprint density at radius 3 is 2.76 bits per heavy atom. The average molecular weight is 256 g/mol. The van der Waals surface area contributed by atoms with Crippen molar-refractivity contribution in [3.8, 4) is 0 Å². The number of carbonyl (C=O) groups is 2. The van der Waals surface area contributed by atoms with Crippen LogP contribution in [-0.4, -0.2) is 35.6 Å². The summed E-state index contributed by atoms with van der Waals surface area (Å²) in [5.74, 6) is -0.915. The topological polar surface area (TPSA) is 69.6 Å². The second-order valence-electron chi connectivity index (χ2n) is 3.76. The van der Waals surface area contributed by atoms with E-state index in [0.29, 0.717) is 6.54 Å². The second kappa shape index (κ2) is 6.24. The van der Waals surface area contributed by atoms with E-state index in [1.807, 2.05) is 18.4 Å². The Balaban J connectivity index is 2.37. The van der Waals surface area contributed by atoms with E-state index < -0.39 is 5.97 Å². The first-order valence-corrected chi connectivity index (χ1v) is 6.12. The molecule has 6 heteroatoms. The van der Waals surface area contributed by atoms with E-state index in [0.717, 1.165) is 4.88 Å². The number of aryl methyl sites for hydroxylation is 1. The van der Waals surface area contributed by atoms with E-state index >= 15 is 0 Å². The zero-order valence-electron chi connectivity index (χ0n) is 9.90.